The van der Waals surface area contributed by atoms with Gasteiger partial charge in [0.2, 0.25) is 0 Å². The molecule has 0 aliphatic heterocycles. The fourth-order valence-electron chi connectivity index (χ4n) is 5.44. The van der Waals surface area contributed by atoms with Crippen LogP contribution in [0.4, 0.5) is 13.2 Å². The van der Waals surface area contributed by atoms with Crippen LogP contribution in [0.2, 0.25) is 0 Å². The van der Waals surface area contributed by atoms with E-state index in [0.29, 0.717) is 42.5 Å². The molecule has 50 heavy (non-hydrogen) atoms. The number of rotatable bonds is 10. The molecule has 254 valence electrons. The number of carboxylic acid groups (broad SMARTS) is 1. The fourth-order valence-corrected chi connectivity index (χ4v) is 6.73. The quantitative estimate of drug-likeness (QED) is 0.126. The Kier molecular flexibility index (Phi) is 9.98. The molecule has 0 fully saturated rings. The van der Waals surface area contributed by atoms with Crippen LogP contribution < -0.4 is 10.1 Å². The summed E-state index contributed by atoms with van der Waals surface area (Å²) in [5.41, 5.74) is 0.356. The summed E-state index contributed by atoms with van der Waals surface area (Å²) in [7, 11) is 0. The van der Waals surface area contributed by atoms with E-state index in [1.165, 1.54) is 24.3 Å². The zero-order chi connectivity index (χ0) is 35.6. The number of phenols is 1. The molecule has 6 rings (SSSR count). The molecule has 8 nitrogen and oxygen atoms in total. The van der Waals surface area contributed by atoms with Crippen molar-refractivity contribution in [3.63, 3.8) is 0 Å². The number of aromatic nitrogens is 1. The molecule has 1 amide bonds. The number of aromatic hydroxyl groups is 1. The smallest absolute Gasteiger partial charge is 0.416 e. The molecular formula is C37H25Br2F3N2O6. The Labute approximate surface area is 299 Å². The molecule has 0 bridgehead atoms. The van der Waals surface area contributed by atoms with Gasteiger partial charge in [-0.3, -0.25) is 4.79 Å². The van der Waals surface area contributed by atoms with Crippen molar-refractivity contribution < 1.29 is 42.2 Å². The van der Waals surface area contributed by atoms with Crippen LogP contribution >= 0.6 is 31.9 Å². The maximum absolute atomic E-state index is 14.3. The Hall–Kier alpha value is -5.14. The number of nitrogens with one attached hydrogen (secondary N) is 1. The number of para-hydroxylation sites is 1. The summed E-state index contributed by atoms with van der Waals surface area (Å²) in [5, 5.41) is 28.6. The van der Waals surface area contributed by atoms with Gasteiger partial charge in [-0.15, -0.1) is 0 Å². The lowest BCUT2D eigenvalue weighted by Crippen LogP contribution is -2.42. The molecular weight excluding hydrogens is 785 g/mol. The molecule has 3 N–H and O–H groups in total. The van der Waals surface area contributed by atoms with Crippen LogP contribution in [0, 0.1) is 0 Å². The third-order valence-corrected chi connectivity index (χ3v) is 9.06. The first-order valence-electron chi connectivity index (χ1n) is 15.0. The van der Waals surface area contributed by atoms with Crippen LogP contribution in [0.15, 0.2) is 117 Å². The van der Waals surface area contributed by atoms with E-state index < -0.39 is 29.7 Å². The maximum Gasteiger partial charge on any atom is 0.416 e. The van der Waals surface area contributed by atoms with E-state index in [1.807, 2.05) is 30.3 Å². The van der Waals surface area contributed by atoms with Crippen LogP contribution in [0.3, 0.4) is 0 Å². The summed E-state index contributed by atoms with van der Waals surface area (Å²) in [6.45, 7) is 0. The van der Waals surface area contributed by atoms with Gasteiger partial charge >= 0.3 is 12.1 Å². The van der Waals surface area contributed by atoms with E-state index in [2.05, 4.69) is 42.3 Å². The monoisotopic (exact) mass is 808 g/mol. The number of fused-ring (bicyclic) bond motifs is 1. The topological polar surface area (TPSA) is 122 Å². The third-order valence-electron chi connectivity index (χ3n) is 7.85. The SMILES string of the molecule is O=C(N[C@@H](Cc1cc(Br)c(O)c(Br)c1)C(=O)O)c1c(-c2c(Oc3ccccc3)ccc3ccccc23)noc1Cc1ccc(C(F)(F)F)cc1. The van der Waals surface area contributed by atoms with E-state index in [-0.39, 0.29) is 35.6 Å². The van der Waals surface area contributed by atoms with Crippen LogP contribution in [-0.2, 0) is 23.8 Å². The highest BCUT2D eigenvalue weighted by Crippen LogP contribution is 2.42. The van der Waals surface area contributed by atoms with Crippen molar-refractivity contribution in [1.29, 1.82) is 0 Å². The number of carbonyl (C=O) groups excluding carboxylic acids is 1. The number of nitrogens with zero attached hydrogens (tertiary/aromatic N) is 1. The number of carboxylic acids is 1. The first kappa shape index (κ1) is 34.7. The molecule has 1 atom stereocenters. The molecule has 0 saturated carbocycles. The standard InChI is InChI=1S/C37H25Br2F3N2O6/c38-26-16-21(17-27(39)34(26)45)18-28(36(47)48)43-35(46)32-30(19-20-10-13-23(14-11-20)37(40,41)42)50-44-33(32)31-25-9-5-4-6-22(25)12-15-29(31)49-24-7-2-1-3-8-24/h1-17,28,45H,18-19H2,(H,43,46)(H,47,48)/t28-/m0/s1. The van der Waals surface area contributed by atoms with Gasteiger partial charge in [0.25, 0.3) is 5.91 Å². The number of carbonyl (C=O) groups is 2. The summed E-state index contributed by atoms with van der Waals surface area (Å²) in [4.78, 5) is 26.8. The van der Waals surface area contributed by atoms with Crippen molar-refractivity contribution in [2.75, 3.05) is 0 Å². The number of hydrogen-bond donors (Lipinski definition) is 3. The first-order valence-corrected chi connectivity index (χ1v) is 16.6. The lowest BCUT2D eigenvalue weighted by molar-refractivity contribution is -0.139. The summed E-state index contributed by atoms with van der Waals surface area (Å²) < 4.78 is 52.5. The number of aliphatic carboxylic acids is 1. The molecule has 0 saturated heterocycles. The number of amides is 1. The van der Waals surface area contributed by atoms with Gasteiger partial charge in [-0.05, 0) is 96.2 Å². The number of benzene rings is 5. The van der Waals surface area contributed by atoms with E-state index in [1.54, 1.807) is 36.4 Å². The molecule has 5 aromatic carbocycles. The number of halogens is 5. The Bertz CT molecular complexity index is 2180. The third kappa shape index (κ3) is 7.53. The van der Waals surface area contributed by atoms with Crippen LogP contribution in [-0.4, -0.2) is 33.3 Å². The number of ether oxygens (including phenoxy) is 1. The zero-order valence-corrected chi connectivity index (χ0v) is 28.8. The lowest BCUT2D eigenvalue weighted by atomic mass is 9.95. The van der Waals surface area contributed by atoms with Gasteiger partial charge in [-0.2, -0.15) is 13.2 Å². The Morgan fingerprint density at radius 2 is 1.54 bits per heavy atom. The van der Waals surface area contributed by atoms with Gasteiger partial charge in [-0.1, -0.05) is 65.8 Å². The lowest BCUT2D eigenvalue weighted by Gasteiger charge is -2.17. The Morgan fingerprint density at radius 3 is 2.20 bits per heavy atom. The molecule has 1 heterocycles. The Balaban J connectivity index is 1.46. The summed E-state index contributed by atoms with van der Waals surface area (Å²) in [6.07, 6.45) is -4.84. The van der Waals surface area contributed by atoms with Crippen molar-refractivity contribution in [1.82, 2.24) is 10.5 Å². The van der Waals surface area contributed by atoms with Crippen molar-refractivity contribution in [2.24, 2.45) is 0 Å². The van der Waals surface area contributed by atoms with Crippen molar-refractivity contribution in [3.8, 4) is 28.5 Å². The van der Waals surface area contributed by atoms with Crippen LogP contribution in [0.1, 0.15) is 32.8 Å². The average Bonchev–Trinajstić information content (AvgIpc) is 3.49. The van der Waals surface area contributed by atoms with E-state index >= 15 is 0 Å². The average molecular weight is 810 g/mol. The van der Waals surface area contributed by atoms with E-state index in [9.17, 15) is 33.0 Å². The van der Waals surface area contributed by atoms with Gasteiger partial charge in [-0.25, -0.2) is 4.79 Å². The van der Waals surface area contributed by atoms with Crippen LogP contribution in [0.25, 0.3) is 22.0 Å². The van der Waals surface area contributed by atoms with Crippen molar-refractivity contribution in [3.05, 3.63) is 140 Å². The molecule has 0 aliphatic rings. The highest BCUT2D eigenvalue weighted by atomic mass is 79.9. The fraction of sp³-hybridized carbons (Fsp3) is 0.108. The van der Waals surface area contributed by atoms with Gasteiger partial charge < -0.3 is 24.8 Å². The molecule has 6 aromatic rings. The molecule has 0 aliphatic carbocycles. The minimum Gasteiger partial charge on any atom is -0.506 e. The molecule has 1 aromatic heterocycles. The number of phenolic OH excluding ortho intramolecular Hbond substituents is 1. The van der Waals surface area contributed by atoms with E-state index in [0.717, 1.165) is 17.5 Å². The zero-order valence-electron chi connectivity index (χ0n) is 25.7. The second kappa shape index (κ2) is 14.4. The molecule has 0 radical (unpaired) electrons. The van der Waals surface area contributed by atoms with Gasteiger partial charge in [0.05, 0.1) is 20.1 Å². The molecule has 0 unspecified atom stereocenters. The predicted molar refractivity (Wildman–Crippen MR) is 186 cm³/mol. The Morgan fingerprint density at radius 1 is 0.880 bits per heavy atom. The predicted octanol–water partition coefficient (Wildman–Crippen LogP) is 9.55. The largest absolute Gasteiger partial charge is 0.506 e. The van der Waals surface area contributed by atoms with Crippen molar-refractivity contribution in [2.45, 2.75) is 25.1 Å². The minimum absolute atomic E-state index is 0.00452. The second-order valence-corrected chi connectivity index (χ2v) is 13.0. The highest BCUT2D eigenvalue weighted by Gasteiger charge is 2.32. The van der Waals surface area contributed by atoms with Gasteiger partial charge in [0.1, 0.15) is 34.5 Å². The summed E-state index contributed by atoms with van der Waals surface area (Å²) in [6, 6.07) is 25.8. The highest BCUT2D eigenvalue weighted by molar-refractivity contribution is 9.11. The maximum atomic E-state index is 14.3. The van der Waals surface area contributed by atoms with Crippen molar-refractivity contribution >= 4 is 54.5 Å². The molecule has 0 spiro atoms. The number of alkyl halides is 3. The summed E-state index contributed by atoms with van der Waals surface area (Å²) in [5.74, 6) is -1.43. The second-order valence-electron chi connectivity index (χ2n) is 11.3. The summed E-state index contributed by atoms with van der Waals surface area (Å²) >= 11 is 6.48. The first-order chi connectivity index (χ1) is 23.9. The van der Waals surface area contributed by atoms with Crippen LogP contribution in [0.5, 0.6) is 17.2 Å². The normalized spacial score (nSPS) is 12.1. The van der Waals surface area contributed by atoms with Gasteiger partial charge in [0, 0.05) is 12.8 Å². The number of hydrogen-bond acceptors (Lipinski definition) is 6. The molecule has 13 heteroatoms. The van der Waals surface area contributed by atoms with Gasteiger partial charge in [0.15, 0.2) is 5.76 Å². The minimum atomic E-state index is -4.54. The van der Waals surface area contributed by atoms with E-state index in [4.69, 9.17) is 9.26 Å².